The first-order chi connectivity index (χ1) is 10.3. The zero-order chi connectivity index (χ0) is 14.7. The minimum atomic E-state index is -0.589. The molecule has 0 aromatic heterocycles. The third kappa shape index (κ3) is 2.97. The zero-order valence-electron chi connectivity index (χ0n) is 11.7. The smallest absolute Gasteiger partial charge is 0.0991 e. The lowest BCUT2D eigenvalue weighted by molar-refractivity contribution is 0.00377. The summed E-state index contributed by atoms with van der Waals surface area (Å²) < 4.78 is 5.83. The van der Waals surface area contributed by atoms with Gasteiger partial charge in [0.25, 0.3) is 0 Å². The third-order valence-electron chi connectivity index (χ3n) is 3.95. The van der Waals surface area contributed by atoms with Gasteiger partial charge in [0.15, 0.2) is 0 Å². The Morgan fingerprint density at radius 2 is 1.95 bits per heavy atom. The van der Waals surface area contributed by atoms with Crippen LogP contribution in [0.5, 0.6) is 0 Å². The van der Waals surface area contributed by atoms with Gasteiger partial charge in [0.2, 0.25) is 0 Å². The number of aliphatic hydroxyl groups is 1. The highest BCUT2D eigenvalue weighted by molar-refractivity contribution is 5.34. The molecule has 1 aliphatic rings. The Balaban J connectivity index is 1.76. The van der Waals surface area contributed by atoms with E-state index in [1.807, 2.05) is 12.1 Å². The van der Waals surface area contributed by atoms with Crippen LogP contribution in [-0.4, -0.2) is 11.7 Å². The fourth-order valence-corrected chi connectivity index (χ4v) is 2.79. The second-order valence-electron chi connectivity index (χ2n) is 5.29. The van der Waals surface area contributed by atoms with Crippen molar-refractivity contribution < 1.29 is 9.84 Å². The molecule has 2 aromatic rings. The summed E-state index contributed by atoms with van der Waals surface area (Å²) in [5.74, 6) is 0. The molecule has 0 spiro atoms. The van der Waals surface area contributed by atoms with E-state index in [0.717, 1.165) is 12.0 Å². The highest BCUT2D eigenvalue weighted by Crippen LogP contribution is 2.34. The SMILES string of the molecule is N#Cc1ccc(C(O)CC2OCCc3ccccc32)cc1. The molecule has 3 rings (SSSR count). The molecule has 0 saturated carbocycles. The van der Waals surface area contributed by atoms with Crippen LogP contribution in [0.1, 0.15) is 40.9 Å². The van der Waals surface area contributed by atoms with Gasteiger partial charge in [0.1, 0.15) is 0 Å². The summed E-state index contributed by atoms with van der Waals surface area (Å²) in [7, 11) is 0. The van der Waals surface area contributed by atoms with Crippen molar-refractivity contribution in [1.29, 1.82) is 5.26 Å². The molecular formula is C18H17NO2. The molecule has 1 heterocycles. The van der Waals surface area contributed by atoms with Gasteiger partial charge in [-0.05, 0) is 35.2 Å². The van der Waals surface area contributed by atoms with Crippen molar-refractivity contribution in [3.63, 3.8) is 0 Å². The molecule has 1 aliphatic heterocycles. The maximum absolute atomic E-state index is 10.4. The first kappa shape index (κ1) is 13.8. The van der Waals surface area contributed by atoms with Crippen LogP contribution >= 0.6 is 0 Å². The number of nitriles is 1. The number of hydrogen-bond donors (Lipinski definition) is 1. The lowest BCUT2D eigenvalue weighted by atomic mass is 9.92. The van der Waals surface area contributed by atoms with E-state index in [0.29, 0.717) is 18.6 Å². The summed E-state index contributed by atoms with van der Waals surface area (Å²) in [6.45, 7) is 0.696. The van der Waals surface area contributed by atoms with Gasteiger partial charge in [-0.3, -0.25) is 0 Å². The highest BCUT2D eigenvalue weighted by atomic mass is 16.5. The average molecular weight is 279 g/mol. The fourth-order valence-electron chi connectivity index (χ4n) is 2.79. The molecule has 0 radical (unpaired) electrons. The van der Waals surface area contributed by atoms with Crippen molar-refractivity contribution >= 4 is 0 Å². The topological polar surface area (TPSA) is 53.2 Å². The number of aliphatic hydroxyl groups excluding tert-OH is 1. The quantitative estimate of drug-likeness (QED) is 0.938. The molecule has 2 aromatic carbocycles. The van der Waals surface area contributed by atoms with Crippen LogP contribution in [0.25, 0.3) is 0 Å². The summed E-state index contributed by atoms with van der Waals surface area (Å²) in [6, 6.07) is 17.4. The van der Waals surface area contributed by atoms with Crippen LogP contribution in [0, 0.1) is 11.3 Å². The number of fused-ring (bicyclic) bond motifs is 1. The third-order valence-corrected chi connectivity index (χ3v) is 3.95. The van der Waals surface area contributed by atoms with Gasteiger partial charge >= 0.3 is 0 Å². The summed E-state index contributed by atoms with van der Waals surface area (Å²) in [4.78, 5) is 0. The molecule has 3 nitrogen and oxygen atoms in total. The van der Waals surface area contributed by atoms with E-state index in [1.165, 1.54) is 11.1 Å². The Labute approximate surface area is 124 Å². The van der Waals surface area contributed by atoms with E-state index in [2.05, 4.69) is 18.2 Å². The van der Waals surface area contributed by atoms with Gasteiger partial charge in [0.05, 0.1) is 30.4 Å². The minimum Gasteiger partial charge on any atom is -0.388 e. The lowest BCUT2D eigenvalue weighted by Gasteiger charge is -2.27. The molecule has 2 atom stereocenters. The molecule has 0 fully saturated rings. The molecule has 106 valence electrons. The molecule has 2 unspecified atom stereocenters. The zero-order valence-corrected chi connectivity index (χ0v) is 11.7. The van der Waals surface area contributed by atoms with Gasteiger partial charge in [-0.15, -0.1) is 0 Å². The van der Waals surface area contributed by atoms with E-state index in [4.69, 9.17) is 10.00 Å². The molecule has 3 heteroatoms. The van der Waals surface area contributed by atoms with Crippen LogP contribution in [0.2, 0.25) is 0 Å². The Bertz CT molecular complexity index is 658. The van der Waals surface area contributed by atoms with Crippen LogP contribution in [0.15, 0.2) is 48.5 Å². The predicted octanol–water partition coefficient (Wildman–Crippen LogP) is 3.30. The van der Waals surface area contributed by atoms with E-state index in [1.54, 1.807) is 24.3 Å². The van der Waals surface area contributed by atoms with E-state index in [-0.39, 0.29) is 6.10 Å². The summed E-state index contributed by atoms with van der Waals surface area (Å²) in [6.07, 6.45) is 0.803. The summed E-state index contributed by atoms with van der Waals surface area (Å²) >= 11 is 0. The number of rotatable bonds is 3. The number of benzene rings is 2. The number of hydrogen-bond acceptors (Lipinski definition) is 3. The largest absolute Gasteiger partial charge is 0.388 e. The van der Waals surface area contributed by atoms with Crippen molar-refractivity contribution in [2.45, 2.75) is 25.0 Å². The Kier molecular flexibility index (Phi) is 4.01. The van der Waals surface area contributed by atoms with Gasteiger partial charge in [-0.1, -0.05) is 36.4 Å². The summed E-state index contributed by atoms with van der Waals surface area (Å²) in [5.41, 5.74) is 3.91. The monoisotopic (exact) mass is 279 g/mol. The van der Waals surface area contributed by atoms with E-state index >= 15 is 0 Å². The Morgan fingerprint density at radius 3 is 2.71 bits per heavy atom. The van der Waals surface area contributed by atoms with Crippen LogP contribution in [0.4, 0.5) is 0 Å². The minimum absolute atomic E-state index is 0.0689. The van der Waals surface area contributed by atoms with Crippen LogP contribution in [-0.2, 0) is 11.2 Å². The Morgan fingerprint density at radius 1 is 1.19 bits per heavy atom. The van der Waals surface area contributed by atoms with E-state index in [9.17, 15) is 5.11 Å². The van der Waals surface area contributed by atoms with Crippen LogP contribution < -0.4 is 0 Å². The number of ether oxygens (including phenoxy) is 1. The fraction of sp³-hybridized carbons (Fsp3) is 0.278. The molecular weight excluding hydrogens is 262 g/mol. The second-order valence-corrected chi connectivity index (χ2v) is 5.29. The molecule has 21 heavy (non-hydrogen) atoms. The van der Waals surface area contributed by atoms with Crippen molar-refractivity contribution in [3.8, 4) is 6.07 Å². The standard InChI is InChI=1S/C18H17NO2/c19-12-13-5-7-15(8-6-13)17(20)11-18-16-4-2-1-3-14(16)9-10-21-18/h1-8,17-18,20H,9-11H2. The first-order valence-electron chi connectivity index (χ1n) is 7.15. The van der Waals surface area contributed by atoms with Crippen molar-refractivity contribution in [2.75, 3.05) is 6.61 Å². The second kappa shape index (κ2) is 6.09. The maximum atomic E-state index is 10.4. The Hall–Kier alpha value is -2.15. The van der Waals surface area contributed by atoms with Gasteiger partial charge in [-0.2, -0.15) is 5.26 Å². The highest BCUT2D eigenvalue weighted by Gasteiger charge is 2.23. The molecule has 1 N–H and O–H groups in total. The van der Waals surface area contributed by atoms with E-state index < -0.39 is 6.10 Å². The molecule has 0 bridgehead atoms. The van der Waals surface area contributed by atoms with Crippen molar-refractivity contribution in [3.05, 3.63) is 70.8 Å². The van der Waals surface area contributed by atoms with Gasteiger partial charge in [0, 0.05) is 6.42 Å². The maximum Gasteiger partial charge on any atom is 0.0991 e. The van der Waals surface area contributed by atoms with Crippen molar-refractivity contribution in [2.24, 2.45) is 0 Å². The van der Waals surface area contributed by atoms with Gasteiger partial charge < -0.3 is 9.84 Å². The van der Waals surface area contributed by atoms with Crippen LogP contribution in [0.3, 0.4) is 0 Å². The normalized spacial score (nSPS) is 18.6. The average Bonchev–Trinajstić information content (AvgIpc) is 2.55. The summed E-state index contributed by atoms with van der Waals surface area (Å²) in [5, 5.41) is 19.2. The lowest BCUT2D eigenvalue weighted by Crippen LogP contribution is -2.18. The molecule has 0 amide bonds. The van der Waals surface area contributed by atoms with Gasteiger partial charge in [-0.25, -0.2) is 0 Å². The predicted molar refractivity (Wildman–Crippen MR) is 79.6 cm³/mol. The van der Waals surface area contributed by atoms with Crippen molar-refractivity contribution in [1.82, 2.24) is 0 Å². The number of nitrogens with zero attached hydrogens (tertiary/aromatic N) is 1. The first-order valence-corrected chi connectivity index (χ1v) is 7.15. The molecule has 0 aliphatic carbocycles. The molecule has 0 saturated heterocycles.